The van der Waals surface area contributed by atoms with Crippen molar-refractivity contribution in [3.05, 3.63) is 269 Å². The van der Waals surface area contributed by atoms with E-state index in [-0.39, 0.29) is 5.41 Å². The van der Waals surface area contributed by atoms with Crippen LogP contribution in [0.4, 0.5) is 11.4 Å². The Morgan fingerprint density at radius 2 is 0.875 bits per heavy atom. The Morgan fingerprint density at radius 1 is 0.391 bits per heavy atom. The summed E-state index contributed by atoms with van der Waals surface area (Å²) in [6.45, 7) is 0. The molecule has 0 aromatic heterocycles. The highest BCUT2D eigenvalue weighted by Gasteiger charge is 2.48. The van der Waals surface area contributed by atoms with Crippen LogP contribution in [0.3, 0.4) is 0 Å². The number of nitrogens with zero attached hydrogens (tertiary/aromatic N) is 1. The molecule has 9 aromatic carbocycles. The molecule has 3 aliphatic rings. The fourth-order valence-corrected chi connectivity index (χ4v) is 10.9. The van der Waals surface area contributed by atoms with Crippen molar-refractivity contribution in [2.45, 2.75) is 31.1 Å². The van der Waals surface area contributed by atoms with Crippen LogP contribution in [-0.2, 0) is 18.3 Å². The van der Waals surface area contributed by atoms with Crippen molar-refractivity contribution < 1.29 is 0 Å². The van der Waals surface area contributed by atoms with Crippen LogP contribution in [0, 0.1) is 0 Å². The molecular formula is C63H47N. The Balaban J connectivity index is 0.872. The average molecular weight is 818 g/mol. The Morgan fingerprint density at radius 3 is 1.48 bits per heavy atom. The summed E-state index contributed by atoms with van der Waals surface area (Å²) in [6, 6.07) is 80.3. The molecule has 0 fully saturated rings. The highest BCUT2D eigenvalue weighted by Crippen LogP contribution is 2.57. The van der Waals surface area contributed by atoms with Crippen molar-refractivity contribution in [3.63, 3.8) is 0 Å². The van der Waals surface area contributed by atoms with E-state index in [1.165, 1.54) is 106 Å². The van der Waals surface area contributed by atoms with E-state index in [1.54, 1.807) is 0 Å². The molecule has 1 spiro atoms. The van der Waals surface area contributed by atoms with Gasteiger partial charge in [-0.1, -0.05) is 194 Å². The number of para-hydroxylation sites is 2. The Bertz CT molecular complexity index is 3220. The smallest absolute Gasteiger partial charge is 0.0458 e. The van der Waals surface area contributed by atoms with Gasteiger partial charge in [-0.2, -0.15) is 0 Å². The number of hydrogen-bond acceptors (Lipinski definition) is 1. The molecule has 1 heteroatoms. The second-order valence-corrected chi connectivity index (χ2v) is 17.7. The lowest BCUT2D eigenvalue weighted by Crippen LogP contribution is -2.28. The molecule has 0 bridgehead atoms. The first-order valence-electron chi connectivity index (χ1n) is 22.7. The number of anilines is 2. The van der Waals surface area contributed by atoms with Crippen LogP contribution in [0.2, 0.25) is 0 Å². The largest absolute Gasteiger partial charge is 0.314 e. The normalized spacial score (nSPS) is 14.7. The zero-order valence-corrected chi connectivity index (χ0v) is 35.8. The number of fused-ring (bicyclic) bond motifs is 6. The van der Waals surface area contributed by atoms with Crippen molar-refractivity contribution in [1.29, 1.82) is 0 Å². The maximum Gasteiger partial charge on any atom is 0.0458 e. The summed E-state index contributed by atoms with van der Waals surface area (Å²) in [6.07, 6.45) is 11.2. The second kappa shape index (κ2) is 15.9. The zero-order valence-electron chi connectivity index (χ0n) is 35.8. The monoisotopic (exact) mass is 817 g/mol. The van der Waals surface area contributed by atoms with Gasteiger partial charge in [0.25, 0.3) is 0 Å². The van der Waals surface area contributed by atoms with Crippen LogP contribution in [0.15, 0.2) is 236 Å². The first-order chi connectivity index (χ1) is 31.7. The van der Waals surface area contributed by atoms with Crippen LogP contribution in [0.5, 0.6) is 0 Å². The van der Waals surface area contributed by atoms with Crippen LogP contribution >= 0.6 is 0 Å². The highest BCUT2D eigenvalue weighted by atomic mass is 15.1. The number of rotatable bonds is 8. The fourth-order valence-electron chi connectivity index (χ4n) is 10.9. The molecule has 0 atom stereocenters. The van der Waals surface area contributed by atoms with Crippen LogP contribution in [0.25, 0.3) is 61.9 Å². The van der Waals surface area contributed by atoms with Gasteiger partial charge in [0.2, 0.25) is 0 Å². The van der Waals surface area contributed by atoms with E-state index in [1.807, 2.05) is 0 Å². The topological polar surface area (TPSA) is 3.24 Å². The van der Waals surface area contributed by atoms with E-state index in [2.05, 4.69) is 242 Å². The molecule has 9 aromatic rings. The minimum absolute atomic E-state index is 0.0933. The Kier molecular flexibility index (Phi) is 9.42. The van der Waals surface area contributed by atoms with Gasteiger partial charge >= 0.3 is 0 Å². The molecule has 304 valence electrons. The molecule has 0 amide bonds. The van der Waals surface area contributed by atoms with E-state index in [9.17, 15) is 0 Å². The lowest BCUT2D eigenvalue weighted by atomic mass is 9.73. The summed E-state index contributed by atoms with van der Waals surface area (Å²) in [7, 11) is 0. The molecule has 0 saturated heterocycles. The van der Waals surface area contributed by atoms with Gasteiger partial charge in [0.15, 0.2) is 0 Å². The van der Waals surface area contributed by atoms with E-state index in [0.717, 1.165) is 25.7 Å². The summed E-state index contributed by atoms with van der Waals surface area (Å²) in [5.74, 6) is 0. The standard InChI is InChI=1S/C63H47N/c1-4-14-46(15-5-1)47-31-33-49(34-32-47)60-40-51-17-11-10-16-50(51)39-59(60)48-29-26-44(27-30-48)24-25-45-28-36-57-58-37-35-56(64(54-20-6-2-7-21-54)55-22-8-3-9-23-55)41-62(58)63(61(57)38-45)42-52-18-12-13-19-53(52)43-63/h1-34,36,38-41H,35,37,42-43H2/b25-24+. The molecule has 0 aliphatic heterocycles. The molecule has 0 heterocycles. The molecule has 0 saturated carbocycles. The average Bonchev–Trinajstić information content (AvgIpc) is 3.89. The van der Waals surface area contributed by atoms with Gasteiger partial charge in [0.1, 0.15) is 0 Å². The van der Waals surface area contributed by atoms with Crippen molar-refractivity contribution in [3.8, 4) is 33.4 Å². The fraction of sp³-hybridized carbons (Fsp3) is 0.0794. The van der Waals surface area contributed by atoms with Crippen molar-refractivity contribution in [2.75, 3.05) is 4.90 Å². The van der Waals surface area contributed by atoms with Gasteiger partial charge in [-0.3, -0.25) is 0 Å². The third kappa shape index (κ3) is 6.73. The molecule has 0 unspecified atom stereocenters. The molecule has 12 rings (SSSR count). The summed E-state index contributed by atoms with van der Waals surface area (Å²) in [4.78, 5) is 2.48. The van der Waals surface area contributed by atoms with Crippen molar-refractivity contribution in [2.24, 2.45) is 0 Å². The predicted octanol–water partition coefficient (Wildman–Crippen LogP) is 16.3. The summed E-state index contributed by atoms with van der Waals surface area (Å²) < 4.78 is 0. The molecule has 0 radical (unpaired) electrons. The van der Waals surface area contributed by atoms with Crippen LogP contribution < -0.4 is 4.90 Å². The SMILES string of the molecule is C1=C(N(c2ccccc2)c2ccccc2)CCC2=C1C1(Cc3ccccc3C1)c1cc(/C=C/c3ccc(-c4cc5ccccc5cc4-c4ccc(-c5ccccc5)cc4)cc3)ccc12. The maximum atomic E-state index is 2.57. The zero-order chi connectivity index (χ0) is 42.5. The summed E-state index contributed by atoms with van der Waals surface area (Å²) in [5.41, 5.74) is 22.4. The van der Waals surface area contributed by atoms with Gasteiger partial charge in [-0.05, 0) is 157 Å². The first-order valence-corrected chi connectivity index (χ1v) is 22.7. The van der Waals surface area contributed by atoms with Gasteiger partial charge in [0, 0.05) is 22.5 Å². The van der Waals surface area contributed by atoms with E-state index in [4.69, 9.17) is 0 Å². The molecule has 0 N–H and O–H groups in total. The third-order valence-electron chi connectivity index (χ3n) is 14.0. The summed E-state index contributed by atoms with van der Waals surface area (Å²) in [5, 5.41) is 2.50. The van der Waals surface area contributed by atoms with Crippen LogP contribution in [-0.4, -0.2) is 0 Å². The number of hydrogen-bond donors (Lipinski definition) is 0. The lowest BCUT2D eigenvalue weighted by molar-refractivity contribution is 0.555. The number of benzene rings is 9. The Labute approximate surface area is 376 Å². The van der Waals surface area contributed by atoms with Crippen molar-refractivity contribution in [1.82, 2.24) is 0 Å². The second-order valence-electron chi connectivity index (χ2n) is 17.7. The number of allylic oxidation sites excluding steroid dienone is 4. The van der Waals surface area contributed by atoms with E-state index >= 15 is 0 Å². The van der Waals surface area contributed by atoms with Gasteiger partial charge in [-0.15, -0.1) is 0 Å². The van der Waals surface area contributed by atoms with Gasteiger partial charge < -0.3 is 4.90 Å². The lowest BCUT2D eigenvalue weighted by Gasteiger charge is -2.34. The quantitative estimate of drug-likeness (QED) is 0.138. The van der Waals surface area contributed by atoms with Gasteiger partial charge in [0.05, 0.1) is 0 Å². The van der Waals surface area contributed by atoms with E-state index in [0.29, 0.717) is 0 Å². The molecular weight excluding hydrogens is 771 g/mol. The van der Waals surface area contributed by atoms with Crippen molar-refractivity contribution >= 4 is 39.9 Å². The maximum absolute atomic E-state index is 2.57. The first kappa shape index (κ1) is 38.0. The minimum atomic E-state index is -0.0933. The van der Waals surface area contributed by atoms with Gasteiger partial charge in [-0.25, -0.2) is 0 Å². The van der Waals surface area contributed by atoms with Crippen LogP contribution in [0.1, 0.15) is 46.2 Å². The Hall–Kier alpha value is -7.74. The van der Waals surface area contributed by atoms with E-state index < -0.39 is 0 Å². The summed E-state index contributed by atoms with van der Waals surface area (Å²) >= 11 is 0. The third-order valence-corrected chi connectivity index (χ3v) is 14.0. The minimum Gasteiger partial charge on any atom is -0.314 e. The molecule has 64 heavy (non-hydrogen) atoms. The molecule has 1 nitrogen and oxygen atoms in total. The predicted molar refractivity (Wildman–Crippen MR) is 270 cm³/mol. The molecule has 3 aliphatic carbocycles. The highest BCUT2D eigenvalue weighted by molar-refractivity contribution is 5.97.